The molecule has 3 aromatic heterocycles. The lowest BCUT2D eigenvalue weighted by atomic mass is 10.1. The van der Waals surface area contributed by atoms with E-state index in [0.717, 1.165) is 22.5 Å². The van der Waals surface area contributed by atoms with Gasteiger partial charge in [0.15, 0.2) is 4.96 Å². The Labute approximate surface area is 174 Å². The third kappa shape index (κ3) is 3.57. The lowest BCUT2D eigenvalue weighted by molar-refractivity contribution is 0.0702. The number of hydrogen-bond donors (Lipinski definition) is 1. The van der Waals surface area contributed by atoms with Gasteiger partial charge in [-0.25, -0.2) is 14.2 Å². The van der Waals surface area contributed by atoms with Crippen molar-refractivity contribution in [2.45, 2.75) is 6.92 Å². The third-order valence-electron chi connectivity index (χ3n) is 4.26. The molecule has 8 heteroatoms. The lowest BCUT2D eigenvalue weighted by Crippen LogP contribution is -2.17. The number of carbonyl (C=O) groups is 1. The van der Waals surface area contributed by atoms with Crippen LogP contribution in [-0.2, 0) is 0 Å². The molecule has 6 nitrogen and oxygen atoms in total. The van der Waals surface area contributed by atoms with Crippen molar-refractivity contribution in [1.82, 2.24) is 14.4 Å². The smallest absolute Gasteiger partial charge is 0.348 e. The highest BCUT2D eigenvalue weighted by Gasteiger charge is 2.23. The van der Waals surface area contributed by atoms with E-state index in [1.54, 1.807) is 24.4 Å². The number of carboxylic acids is 1. The van der Waals surface area contributed by atoms with Gasteiger partial charge in [0.05, 0.1) is 11.4 Å². The van der Waals surface area contributed by atoms with E-state index < -0.39 is 11.5 Å². The van der Waals surface area contributed by atoms with Crippen molar-refractivity contribution in [1.29, 1.82) is 0 Å². The normalized spacial score (nSPS) is 11.4. The second-order valence-corrected chi connectivity index (χ2v) is 7.66. The first-order chi connectivity index (χ1) is 14.0. The number of aromatic carboxylic acids is 1. The van der Waals surface area contributed by atoms with Gasteiger partial charge in [-0.15, -0.1) is 0 Å². The number of rotatable bonds is 4. The summed E-state index contributed by atoms with van der Waals surface area (Å²) in [6, 6.07) is 11.2. The fourth-order valence-electron chi connectivity index (χ4n) is 2.97. The fraction of sp³-hybridized carbons (Fsp3) is 0.0476. The van der Waals surface area contributed by atoms with Crippen LogP contribution in [0.3, 0.4) is 0 Å². The predicted octanol–water partition coefficient (Wildman–Crippen LogP) is 4.65. The van der Waals surface area contributed by atoms with E-state index in [4.69, 9.17) is 11.6 Å². The average Bonchev–Trinajstić information content (AvgIpc) is 3.10. The van der Waals surface area contributed by atoms with Crippen LogP contribution >= 0.6 is 22.9 Å². The van der Waals surface area contributed by atoms with Crippen molar-refractivity contribution < 1.29 is 9.90 Å². The zero-order chi connectivity index (χ0) is 20.5. The number of hydrogen-bond acceptors (Lipinski definition) is 5. The summed E-state index contributed by atoms with van der Waals surface area (Å²) in [5.41, 5.74) is 2.53. The summed E-state index contributed by atoms with van der Waals surface area (Å²) in [6.07, 6.45) is 6.54. The summed E-state index contributed by atoms with van der Waals surface area (Å²) in [4.78, 5) is 33.5. The van der Waals surface area contributed by atoms with Gasteiger partial charge < -0.3 is 5.11 Å². The SMILES string of the molecule is Cc1cccc(C=Cc2nc3sc(C(=O)O)c(-c4cccnc4)n3c(=O)c2Cl)c1. The second-order valence-electron chi connectivity index (χ2n) is 6.31. The van der Waals surface area contributed by atoms with Crippen LogP contribution in [0.25, 0.3) is 28.4 Å². The van der Waals surface area contributed by atoms with Crippen LogP contribution in [0.15, 0.2) is 53.6 Å². The highest BCUT2D eigenvalue weighted by atomic mass is 35.5. The van der Waals surface area contributed by atoms with Gasteiger partial charge in [-0.05, 0) is 30.7 Å². The first kappa shape index (κ1) is 19.0. The molecular formula is C21H14ClN3O3S. The number of fused-ring (bicyclic) bond motifs is 1. The molecule has 0 aliphatic rings. The summed E-state index contributed by atoms with van der Waals surface area (Å²) >= 11 is 7.23. The Morgan fingerprint density at radius 1 is 1.24 bits per heavy atom. The molecule has 3 heterocycles. The molecule has 0 radical (unpaired) electrons. The molecule has 0 fully saturated rings. The van der Waals surface area contributed by atoms with Gasteiger partial charge in [-0.3, -0.25) is 9.78 Å². The van der Waals surface area contributed by atoms with E-state index in [0.29, 0.717) is 5.56 Å². The van der Waals surface area contributed by atoms with Crippen LogP contribution in [0.1, 0.15) is 26.5 Å². The molecule has 1 aromatic carbocycles. The molecule has 0 amide bonds. The Kier molecular flexibility index (Phi) is 5.00. The summed E-state index contributed by atoms with van der Waals surface area (Å²) in [5, 5.41) is 9.56. The molecule has 0 aliphatic carbocycles. The summed E-state index contributed by atoms with van der Waals surface area (Å²) in [6.45, 7) is 1.99. The first-order valence-corrected chi connectivity index (χ1v) is 9.78. The minimum Gasteiger partial charge on any atom is -0.477 e. The van der Waals surface area contributed by atoms with E-state index in [2.05, 4.69) is 9.97 Å². The van der Waals surface area contributed by atoms with Gasteiger partial charge in [-0.2, -0.15) is 0 Å². The minimum atomic E-state index is -1.15. The quantitative estimate of drug-likeness (QED) is 0.516. The molecule has 0 saturated heterocycles. The number of pyridine rings is 1. The zero-order valence-corrected chi connectivity index (χ0v) is 16.7. The van der Waals surface area contributed by atoms with Crippen LogP contribution in [0.2, 0.25) is 5.02 Å². The number of carboxylic acid groups (broad SMARTS) is 1. The largest absolute Gasteiger partial charge is 0.477 e. The van der Waals surface area contributed by atoms with Gasteiger partial charge in [0.1, 0.15) is 9.90 Å². The van der Waals surface area contributed by atoms with Crippen LogP contribution in [0.5, 0.6) is 0 Å². The standard InChI is InChI=1S/C21H14ClN3O3S/c1-12-4-2-5-13(10-12)7-8-15-16(22)19(26)25-17(14-6-3-9-23-11-14)18(20(27)28)29-21(25)24-15/h2-11H,1H3,(H,27,28). The monoisotopic (exact) mass is 423 g/mol. The maximum absolute atomic E-state index is 13.0. The number of benzene rings is 1. The zero-order valence-electron chi connectivity index (χ0n) is 15.2. The number of nitrogens with zero attached hydrogens (tertiary/aromatic N) is 3. The van der Waals surface area contributed by atoms with Gasteiger partial charge in [0.25, 0.3) is 5.56 Å². The summed E-state index contributed by atoms with van der Waals surface area (Å²) in [7, 11) is 0. The number of thiazole rings is 1. The third-order valence-corrected chi connectivity index (χ3v) is 5.64. The van der Waals surface area contributed by atoms with Crippen molar-refractivity contribution in [3.8, 4) is 11.3 Å². The van der Waals surface area contributed by atoms with Gasteiger partial charge in [0, 0.05) is 18.0 Å². The molecule has 0 saturated carbocycles. The molecule has 0 aliphatic heterocycles. The van der Waals surface area contributed by atoms with Crippen LogP contribution in [0, 0.1) is 6.92 Å². The van der Waals surface area contributed by atoms with E-state index >= 15 is 0 Å². The van der Waals surface area contributed by atoms with E-state index in [1.165, 1.54) is 10.6 Å². The van der Waals surface area contributed by atoms with E-state index in [-0.39, 0.29) is 26.2 Å². The van der Waals surface area contributed by atoms with Crippen molar-refractivity contribution in [3.05, 3.63) is 85.9 Å². The second kappa shape index (κ2) is 7.62. The van der Waals surface area contributed by atoms with Crippen LogP contribution in [-0.4, -0.2) is 25.4 Å². The lowest BCUT2D eigenvalue weighted by Gasteiger charge is -2.04. The van der Waals surface area contributed by atoms with Crippen molar-refractivity contribution in [3.63, 3.8) is 0 Å². The maximum Gasteiger partial charge on any atom is 0.348 e. The molecule has 29 heavy (non-hydrogen) atoms. The summed E-state index contributed by atoms with van der Waals surface area (Å²) in [5.74, 6) is -1.15. The molecule has 0 unspecified atom stereocenters. The number of aryl methyl sites for hydroxylation is 1. The Morgan fingerprint density at radius 3 is 2.76 bits per heavy atom. The molecule has 0 atom stereocenters. The van der Waals surface area contributed by atoms with Gasteiger partial charge in [0.2, 0.25) is 0 Å². The minimum absolute atomic E-state index is 0.00141. The highest BCUT2D eigenvalue weighted by Crippen LogP contribution is 2.31. The molecule has 4 rings (SSSR count). The van der Waals surface area contributed by atoms with E-state index in [9.17, 15) is 14.7 Å². The summed E-state index contributed by atoms with van der Waals surface area (Å²) < 4.78 is 1.23. The maximum atomic E-state index is 13.0. The fourth-order valence-corrected chi connectivity index (χ4v) is 4.15. The Bertz CT molecular complexity index is 1330. The Morgan fingerprint density at radius 2 is 2.07 bits per heavy atom. The molecule has 144 valence electrons. The Hall–Kier alpha value is -3.29. The average molecular weight is 424 g/mol. The van der Waals surface area contributed by atoms with Crippen molar-refractivity contribution >= 4 is 46.0 Å². The molecule has 4 aromatic rings. The number of aromatic nitrogens is 3. The Balaban J connectivity index is 1.92. The molecule has 0 spiro atoms. The van der Waals surface area contributed by atoms with Crippen molar-refractivity contribution in [2.75, 3.05) is 0 Å². The predicted molar refractivity (Wildman–Crippen MR) is 115 cm³/mol. The van der Waals surface area contributed by atoms with Crippen molar-refractivity contribution in [2.24, 2.45) is 0 Å². The molecule has 1 N–H and O–H groups in total. The van der Waals surface area contributed by atoms with Gasteiger partial charge >= 0.3 is 5.97 Å². The molecular weight excluding hydrogens is 410 g/mol. The van der Waals surface area contributed by atoms with Gasteiger partial charge in [-0.1, -0.05) is 58.8 Å². The van der Waals surface area contributed by atoms with Crippen LogP contribution in [0.4, 0.5) is 0 Å². The highest BCUT2D eigenvalue weighted by molar-refractivity contribution is 7.19. The topological polar surface area (TPSA) is 84.6 Å². The number of halogens is 1. The first-order valence-electron chi connectivity index (χ1n) is 8.59. The van der Waals surface area contributed by atoms with Crippen LogP contribution < -0.4 is 5.56 Å². The van der Waals surface area contributed by atoms with E-state index in [1.807, 2.05) is 37.3 Å². The molecule has 0 bridgehead atoms.